The Balaban J connectivity index is 1.80. The molecule has 1 unspecified atom stereocenters. The van der Waals surface area contributed by atoms with Gasteiger partial charge >= 0.3 is 12.1 Å². The van der Waals surface area contributed by atoms with E-state index >= 15 is 0 Å². The van der Waals surface area contributed by atoms with Gasteiger partial charge in [0.05, 0.1) is 29.8 Å². The molecule has 1 N–H and O–H groups in total. The van der Waals surface area contributed by atoms with Crippen molar-refractivity contribution in [1.29, 1.82) is 0 Å². The minimum atomic E-state index is -4.39. The molecule has 0 aliphatic carbocycles. The molecular formula is C28H25F5N2O3. The number of halogens is 5. The monoisotopic (exact) mass is 532 g/mol. The molecule has 0 bridgehead atoms. The number of fused-ring (bicyclic) bond motifs is 1. The number of hydrogen-bond acceptors (Lipinski definition) is 4. The molecule has 0 spiro atoms. The molecule has 5 nitrogen and oxygen atoms in total. The third-order valence-electron chi connectivity index (χ3n) is 6.16. The largest absolute Gasteiger partial charge is 0.478 e. The van der Waals surface area contributed by atoms with Crippen LogP contribution in [0.2, 0.25) is 0 Å². The van der Waals surface area contributed by atoms with Gasteiger partial charge in [0.15, 0.2) is 11.6 Å². The van der Waals surface area contributed by atoms with E-state index in [9.17, 15) is 31.9 Å². The fraction of sp³-hybridized carbons (Fsp3) is 0.286. The maximum Gasteiger partial charge on any atom is 0.390 e. The summed E-state index contributed by atoms with van der Waals surface area (Å²) in [6.45, 7) is 3.13. The number of aryl methyl sites for hydroxylation is 1. The lowest BCUT2D eigenvalue weighted by Gasteiger charge is -2.32. The summed E-state index contributed by atoms with van der Waals surface area (Å²) < 4.78 is 72.4. The van der Waals surface area contributed by atoms with E-state index in [1.54, 1.807) is 30.2 Å². The van der Waals surface area contributed by atoms with Gasteiger partial charge in [-0.15, -0.1) is 0 Å². The molecule has 2 aromatic rings. The Morgan fingerprint density at radius 2 is 1.95 bits per heavy atom. The van der Waals surface area contributed by atoms with Gasteiger partial charge < -0.3 is 14.7 Å². The van der Waals surface area contributed by atoms with Crippen molar-refractivity contribution in [1.82, 2.24) is 4.90 Å². The van der Waals surface area contributed by atoms with Crippen LogP contribution in [0.5, 0.6) is 5.75 Å². The third kappa shape index (κ3) is 6.12. The van der Waals surface area contributed by atoms with E-state index in [1.807, 2.05) is 19.1 Å². The molecule has 2 aromatic carbocycles. The average Bonchev–Trinajstić information content (AvgIpc) is 3.00. The van der Waals surface area contributed by atoms with Gasteiger partial charge in [-0.2, -0.15) is 17.6 Å². The van der Waals surface area contributed by atoms with E-state index in [2.05, 4.69) is 4.99 Å². The van der Waals surface area contributed by atoms with Gasteiger partial charge in [0, 0.05) is 18.4 Å². The second-order valence-electron chi connectivity index (χ2n) is 9.18. The lowest BCUT2D eigenvalue weighted by atomic mass is 9.99. The van der Waals surface area contributed by atoms with Gasteiger partial charge in [0.25, 0.3) is 0 Å². The van der Waals surface area contributed by atoms with E-state index in [-0.39, 0.29) is 29.4 Å². The first-order valence-electron chi connectivity index (χ1n) is 11.9. The number of ether oxygens (including phenoxy) is 1. The molecule has 0 radical (unpaired) electrons. The number of rotatable bonds is 6. The van der Waals surface area contributed by atoms with Gasteiger partial charge in [-0.05, 0) is 54.7 Å². The summed E-state index contributed by atoms with van der Waals surface area (Å²) in [5, 5.41) is 9.42. The molecule has 2 aliphatic rings. The highest BCUT2D eigenvalue weighted by atomic mass is 19.4. The van der Waals surface area contributed by atoms with Crippen LogP contribution < -0.4 is 4.74 Å². The Bertz CT molecular complexity index is 1380. The lowest BCUT2D eigenvalue weighted by Crippen LogP contribution is -2.28. The van der Waals surface area contributed by atoms with E-state index in [0.29, 0.717) is 34.7 Å². The van der Waals surface area contributed by atoms with Gasteiger partial charge in [-0.1, -0.05) is 31.2 Å². The first kappa shape index (κ1) is 27.1. The molecule has 4 rings (SSSR count). The molecular weight excluding hydrogens is 507 g/mol. The fourth-order valence-electron chi connectivity index (χ4n) is 4.30. The number of carboxylic acids is 1. The number of allylic oxidation sites excluding steroid dienone is 4. The Labute approximate surface area is 216 Å². The first-order chi connectivity index (χ1) is 17.9. The van der Waals surface area contributed by atoms with Crippen LogP contribution in [0.25, 0.3) is 5.70 Å². The minimum absolute atomic E-state index is 0.0254. The molecule has 0 amide bonds. The quantitative estimate of drug-likeness (QED) is 0.398. The average molecular weight is 533 g/mol. The van der Waals surface area contributed by atoms with Gasteiger partial charge in [0.2, 0.25) is 5.82 Å². The third-order valence-corrected chi connectivity index (χ3v) is 6.16. The van der Waals surface area contributed by atoms with Crippen molar-refractivity contribution in [2.24, 2.45) is 10.9 Å². The maximum atomic E-state index is 14.4. The fourth-order valence-corrected chi connectivity index (χ4v) is 4.30. The lowest BCUT2D eigenvalue weighted by molar-refractivity contribution is -0.132. The van der Waals surface area contributed by atoms with E-state index in [1.165, 1.54) is 18.2 Å². The van der Waals surface area contributed by atoms with Crippen LogP contribution in [0.4, 0.5) is 22.0 Å². The number of aliphatic imine (C=N–C) groups is 1. The summed E-state index contributed by atoms with van der Waals surface area (Å²) in [5.41, 5.74) is 2.82. The van der Waals surface area contributed by atoms with Crippen molar-refractivity contribution in [3.63, 3.8) is 0 Å². The molecule has 0 saturated carbocycles. The zero-order valence-electron chi connectivity index (χ0n) is 20.6. The highest BCUT2D eigenvalue weighted by Gasteiger charge is 2.31. The predicted molar refractivity (Wildman–Crippen MR) is 132 cm³/mol. The molecule has 1 atom stereocenters. The molecule has 0 saturated heterocycles. The topological polar surface area (TPSA) is 62.1 Å². The van der Waals surface area contributed by atoms with E-state index in [4.69, 9.17) is 4.74 Å². The predicted octanol–water partition coefficient (Wildman–Crippen LogP) is 7.26. The van der Waals surface area contributed by atoms with Crippen LogP contribution in [-0.2, 0) is 0 Å². The molecule has 0 aromatic heterocycles. The van der Waals surface area contributed by atoms with E-state index in [0.717, 1.165) is 6.07 Å². The zero-order chi connectivity index (χ0) is 27.6. The second kappa shape index (κ2) is 10.8. The first-order valence-corrected chi connectivity index (χ1v) is 11.9. The van der Waals surface area contributed by atoms with Crippen molar-refractivity contribution in [3.05, 3.63) is 94.5 Å². The molecule has 10 heteroatoms. The smallest absolute Gasteiger partial charge is 0.390 e. The Morgan fingerprint density at radius 1 is 1.18 bits per heavy atom. The minimum Gasteiger partial charge on any atom is -0.478 e. The highest BCUT2D eigenvalue weighted by molar-refractivity contribution is 6.04. The summed E-state index contributed by atoms with van der Waals surface area (Å²) in [6, 6.07) is 8.32. The molecule has 38 heavy (non-hydrogen) atoms. The van der Waals surface area contributed by atoms with Gasteiger partial charge in [0.1, 0.15) is 5.76 Å². The number of aromatic carboxylic acids is 1. The van der Waals surface area contributed by atoms with Crippen molar-refractivity contribution in [3.8, 4) is 5.75 Å². The highest BCUT2D eigenvalue weighted by Crippen LogP contribution is 2.37. The Hall–Kier alpha value is -3.95. The SMILES string of the molecule is Cc1cc(C2=CC(C)CC=C3C(=NCCC(F)(F)F)CC(Oc4cccc(F)c4F)=CN32)ccc1C(=O)O. The van der Waals surface area contributed by atoms with Crippen molar-refractivity contribution in [2.75, 3.05) is 6.54 Å². The Morgan fingerprint density at radius 3 is 2.63 bits per heavy atom. The summed E-state index contributed by atoms with van der Waals surface area (Å²) in [5.74, 6) is -3.55. The maximum absolute atomic E-state index is 14.4. The number of hydrogen-bond donors (Lipinski definition) is 1. The molecule has 2 heterocycles. The van der Waals surface area contributed by atoms with Crippen LogP contribution in [0.15, 0.2) is 71.2 Å². The van der Waals surface area contributed by atoms with Crippen LogP contribution in [0.3, 0.4) is 0 Å². The van der Waals surface area contributed by atoms with Crippen molar-refractivity contribution < 1.29 is 36.6 Å². The summed E-state index contributed by atoms with van der Waals surface area (Å²) >= 11 is 0. The zero-order valence-corrected chi connectivity index (χ0v) is 20.6. The Kier molecular flexibility index (Phi) is 7.71. The second-order valence-corrected chi connectivity index (χ2v) is 9.18. The van der Waals surface area contributed by atoms with Crippen LogP contribution >= 0.6 is 0 Å². The summed E-state index contributed by atoms with van der Waals surface area (Å²) in [6.07, 6.45) is 0.431. The summed E-state index contributed by atoms with van der Waals surface area (Å²) in [4.78, 5) is 17.4. The number of carbonyl (C=O) groups is 1. The van der Waals surface area contributed by atoms with Crippen LogP contribution in [-0.4, -0.2) is 34.4 Å². The number of nitrogens with zero attached hydrogens (tertiary/aromatic N) is 2. The van der Waals surface area contributed by atoms with Crippen molar-refractivity contribution in [2.45, 2.75) is 39.3 Å². The summed E-state index contributed by atoms with van der Waals surface area (Å²) in [7, 11) is 0. The van der Waals surface area contributed by atoms with Crippen molar-refractivity contribution >= 4 is 17.4 Å². The molecule has 200 valence electrons. The van der Waals surface area contributed by atoms with Crippen LogP contribution in [0, 0.1) is 24.5 Å². The molecule has 2 aliphatic heterocycles. The standard InChI is InChI=1S/C28H25F5N2O3/c1-16-6-9-23-22(34-11-10-28(31,32)33)14-19(38-25-5-3-4-21(29)26(25)30)15-35(23)24(12-16)18-7-8-20(27(36)37)17(2)13-18/h3-5,7-9,12-13,15-16H,6,10-11,14H2,1-2H3,(H,36,37). The van der Waals surface area contributed by atoms with Crippen LogP contribution in [0.1, 0.15) is 47.7 Å². The van der Waals surface area contributed by atoms with Gasteiger partial charge in [-0.25, -0.2) is 9.18 Å². The number of benzene rings is 2. The number of carboxylic acid groups (broad SMARTS) is 1. The number of alkyl halides is 3. The van der Waals surface area contributed by atoms with Gasteiger partial charge in [-0.3, -0.25) is 4.99 Å². The van der Waals surface area contributed by atoms with E-state index < -0.39 is 36.7 Å². The molecule has 0 fully saturated rings. The normalized spacial score (nSPS) is 18.8.